The van der Waals surface area contributed by atoms with E-state index in [4.69, 9.17) is 16.1 Å². The number of aromatic nitrogens is 6. The van der Waals surface area contributed by atoms with Crippen LogP contribution in [0, 0.1) is 0 Å². The lowest BCUT2D eigenvalue weighted by atomic mass is 10.1. The molecule has 156 valence electrons. The number of benzene rings is 1. The maximum atomic E-state index is 12.9. The Morgan fingerprint density at radius 2 is 1.87 bits per heavy atom. The normalized spacial score (nSPS) is 12.1. The molecule has 0 unspecified atom stereocenters. The van der Waals surface area contributed by atoms with Crippen molar-refractivity contribution in [2.75, 3.05) is 0 Å². The van der Waals surface area contributed by atoms with Crippen molar-refractivity contribution in [3.63, 3.8) is 0 Å². The van der Waals surface area contributed by atoms with Crippen LogP contribution < -0.4 is 11.2 Å². The molecule has 0 bridgehead atoms. The Balaban J connectivity index is 1.75. The number of imidazole rings is 1. The van der Waals surface area contributed by atoms with Crippen LogP contribution in [0.25, 0.3) is 22.6 Å². The zero-order chi connectivity index (χ0) is 21.8. The number of rotatable bonds is 3. The molecule has 0 spiro atoms. The Bertz CT molecular complexity index is 1400. The van der Waals surface area contributed by atoms with Crippen LogP contribution in [0.1, 0.15) is 11.5 Å². The Labute approximate surface area is 169 Å². The standard InChI is InChI=1S/C17H12ClF3N6O3/c1-25-13-11(14(28)26(2)16(25)29)27(15(18)23-13)7-10-22-12(24-30-10)8-4-3-5-9(6-8)17(19,20)21/h3-6H,7H2,1-2H3. The number of alkyl halides is 3. The quantitative estimate of drug-likeness (QED) is 0.453. The molecule has 0 N–H and O–H groups in total. The van der Waals surface area contributed by atoms with E-state index in [-0.39, 0.29) is 40.3 Å². The molecule has 0 aliphatic carbocycles. The summed E-state index contributed by atoms with van der Waals surface area (Å²) in [7, 11) is 2.75. The minimum Gasteiger partial charge on any atom is -0.337 e. The summed E-state index contributed by atoms with van der Waals surface area (Å²) in [5.41, 5.74) is -1.81. The molecule has 0 fully saturated rings. The van der Waals surface area contributed by atoms with E-state index in [0.29, 0.717) is 0 Å². The van der Waals surface area contributed by atoms with Crippen molar-refractivity contribution in [3.8, 4) is 11.4 Å². The number of aryl methyl sites for hydroxylation is 1. The molecular formula is C17H12ClF3N6O3. The first-order valence-corrected chi connectivity index (χ1v) is 8.77. The van der Waals surface area contributed by atoms with Gasteiger partial charge in [0.25, 0.3) is 5.56 Å². The van der Waals surface area contributed by atoms with Crippen LogP contribution in [0.4, 0.5) is 13.2 Å². The zero-order valence-electron chi connectivity index (χ0n) is 15.4. The number of fused-ring (bicyclic) bond motifs is 1. The van der Waals surface area contributed by atoms with Gasteiger partial charge in [-0.05, 0) is 23.7 Å². The molecule has 30 heavy (non-hydrogen) atoms. The van der Waals surface area contributed by atoms with Gasteiger partial charge in [0.15, 0.2) is 11.2 Å². The second-order valence-corrected chi connectivity index (χ2v) is 6.77. The van der Waals surface area contributed by atoms with Crippen molar-refractivity contribution in [1.29, 1.82) is 0 Å². The maximum Gasteiger partial charge on any atom is 0.416 e. The summed E-state index contributed by atoms with van der Waals surface area (Å²) in [4.78, 5) is 32.7. The zero-order valence-corrected chi connectivity index (χ0v) is 16.2. The number of hydrogen-bond acceptors (Lipinski definition) is 6. The van der Waals surface area contributed by atoms with E-state index >= 15 is 0 Å². The summed E-state index contributed by atoms with van der Waals surface area (Å²) in [6, 6.07) is 4.48. The molecule has 0 aliphatic heterocycles. The van der Waals surface area contributed by atoms with Crippen molar-refractivity contribution in [3.05, 3.63) is 61.8 Å². The first-order valence-electron chi connectivity index (χ1n) is 8.40. The smallest absolute Gasteiger partial charge is 0.337 e. The summed E-state index contributed by atoms with van der Waals surface area (Å²) < 4.78 is 47.2. The fourth-order valence-electron chi connectivity index (χ4n) is 2.97. The van der Waals surface area contributed by atoms with Crippen molar-refractivity contribution in [1.82, 2.24) is 28.8 Å². The van der Waals surface area contributed by atoms with E-state index in [9.17, 15) is 22.8 Å². The van der Waals surface area contributed by atoms with E-state index in [1.165, 1.54) is 35.4 Å². The fourth-order valence-corrected chi connectivity index (χ4v) is 3.19. The van der Waals surface area contributed by atoms with E-state index in [1.807, 2.05) is 0 Å². The number of halogens is 4. The molecule has 1 aromatic carbocycles. The minimum atomic E-state index is -4.51. The molecule has 0 aliphatic rings. The van der Waals surface area contributed by atoms with Gasteiger partial charge in [-0.3, -0.25) is 18.5 Å². The number of nitrogens with zero attached hydrogens (tertiary/aromatic N) is 6. The molecule has 4 aromatic rings. The summed E-state index contributed by atoms with van der Waals surface area (Å²) in [5.74, 6) is -0.0727. The van der Waals surface area contributed by atoms with Crippen molar-refractivity contribution in [2.45, 2.75) is 12.7 Å². The van der Waals surface area contributed by atoms with Gasteiger partial charge in [-0.25, -0.2) is 4.79 Å². The highest BCUT2D eigenvalue weighted by Crippen LogP contribution is 2.31. The minimum absolute atomic E-state index is 0.0143. The molecule has 3 heterocycles. The van der Waals surface area contributed by atoms with Gasteiger partial charge in [-0.2, -0.15) is 23.1 Å². The maximum absolute atomic E-state index is 12.9. The fraction of sp³-hybridized carbons (Fsp3) is 0.235. The molecule has 3 aromatic heterocycles. The summed E-state index contributed by atoms with van der Waals surface area (Å²) in [6.07, 6.45) is -4.51. The molecule has 0 saturated heterocycles. The van der Waals surface area contributed by atoms with Gasteiger partial charge in [0, 0.05) is 19.7 Å². The average molecular weight is 441 g/mol. The Kier molecular flexibility index (Phi) is 4.53. The Morgan fingerprint density at radius 3 is 2.57 bits per heavy atom. The lowest BCUT2D eigenvalue weighted by Crippen LogP contribution is -2.37. The second-order valence-electron chi connectivity index (χ2n) is 6.44. The third-order valence-electron chi connectivity index (χ3n) is 4.51. The van der Waals surface area contributed by atoms with E-state index in [2.05, 4.69) is 15.1 Å². The van der Waals surface area contributed by atoms with Crippen molar-refractivity contribution < 1.29 is 17.7 Å². The topological polar surface area (TPSA) is 101 Å². The van der Waals surface area contributed by atoms with Gasteiger partial charge in [-0.1, -0.05) is 17.3 Å². The SMILES string of the molecule is Cn1c(=O)c2c(nc(Cl)n2Cc2nc(-c3cccc(C(F)(F)F)c3)no2)n(C)c1=O. The molecule has 13 heteroatoms. The Hall–Kier alpha value is -3.41. The number of hydrogen-bond donors (Lipinski definition) is 0. The monoisotopic (exact) mass is 440 g/mol. The molecule has 0 radical (unpaired) electrons. The van der Waals surface area contributed by atoms with Crippen LogP contribution in [-0.2, 0) is 26.8 Å². The average Bonchev–Trinajstić information content (AvgIpc) is 3.30. The summed E-state index contributed by atoms with van der Waals surface area (Å²) in [6.45, 7) is -0.172. The van der Waals surface area contributed by atoms with Gasteiger partial charge in [0.2, 0.25) is 17.0 Å². The third kappa shape index (κ3) is 3.18. The molecule has 0 atom stereocenters. The highest BCUT2D eigenvalue weighted by Gasteiger charge is 2.31. The molecule has 0 saturated carbocycles. The first kappa shape index (κ1) is 19.9. The van der Waals surface area contributed by atoms with E-state index in [1.54, 1.807) is 0 Å². The van der Waals surface area contributed by atoms with E-state index < -0.39 is 23.0 Å². The summed E-state index contributed by atoms with van der Waals surface area (Å²) >= 11 is 6.13. The predicted octanol–water partition coefficient (Wildman–Crippen LogP) is 2.20. The molecular weight excluding hydrogens is 429 g/mol. The Morgan fingerprint density at radius 1 is 1.13 bits per heavy atom. The second kappa shape index (κ2) is 6.83. The molecule has 0 amide bonds. The van der Waals surface area contributed by atoms with Crippen LogP contribution in [-0.4, -0.2) is 28.8 Å². The van der Waals surface area contributed by atoms with Crippen LogP contribution >= 0.6 is 11.6 Å². The van der Waals surface area contributed by atoms with Crippen LogP contribution in [0.5, 0.6) is 0 Å². The third-order valence-corrected chi connectivity index (χ3v) is 4.80. The lowest BCUT2D eigenvalue weighted by Gasteiger charge is -2.06. The lowest BCUT2D eigenvalue weighted by molar-refractivity contribution is -0.137. The van der Waals surface area contributed by atoms with Crippen LogP contribution in [0.2, 0.25) is 5.28 Å². The van der Waals surface area contributed by atoms with Gasteiger partial charge < -0.3 is 4.52 Å². The van der Waals surface area contributed by atoms with Gasteiger partial charge in [0.05, 0.1) is 5.56 Å². The van der Waals surface area contributed by atoms with Crippen molar-refractivity contribution >= 4 is 22.8 Å². The largest absolute Gasteiger partial charge is 0.416 e. The van der Waals surface area contributed by atoms with Gasteiger partial charge in [0.1, 0.15) is 6.54 Å². The van der Waals surface area contributed by atoms with E-state index in [0.717, 1.165) is 16.7 Å². The highest BCUT2D eigenvalue weighted by atomic mass is 35.5. The van der Waals surface area contributed by atoms with Crippen LogP contribution in [0.15, 0.2) is 38.4 Å². The van der Waals surface area contributed by atoms with Gasteiger partial charge in [-0.15, -0.1) is 0 Å². The van der Waals surface area contributed by atoms with Crippen LogP contribution in [0.3, 0.4) is 0 Å². The first-order chi connectivity index (χ1) is 14.1. The van der Waals surface area contributed by atoms with Gasteiger partial charge >= 0.3 is 11.9 Å². The molecule has 9 nitrogen and oxygen atoms in total. The summed E-state index contributed by atoms with van der Waals surface area (Å²) in [5, 5.41) is 3.61. The predicted molar refractivity (Wildman–Crippen MR) is 99.1 cm³/mol. The van der Waals surface area contributed by atoms with Crippen molar-refractivity contribution in [2.24, 2.45) is 14.1 Å². The highest BCUT2D eigenvalue weighted by molar-refractivity contribution is 6.29. The molecule has 4 rings (SSSR count).